The summed E-state index contributed by atoms with van der Waals surface area (Å²) in [6.45, 7) is -0.228. The molecule has 0 fully saturated rings. The minimum absolute atomic E-state index is 0.250. The number of hydrogen-bond donors (Lipinski definition) is 2. The van der Waals surface area contributed by atoms with Gasteiger partial charge in [-0.25, -0.2) is 13.2 Å². The first-order valence-corrected chi connectivity index (χ1v) is 3.43. The van der Waals surface area contributed by atoms with E-state index in [0.717, 1.165) is 0 Å². The van der Waals surface area contributed by atoms with Crippen LogP contribution in [0.25, 0.3) is 0 Å². The van der Waals surface area contributed by atoms with E-state index in [1.54, 1.807) is 6.92 Å². The van der Waals surface area contributed by atoms with Gasteiger partial charge in [-0.1, -0.05) is 0 Å². The van der Waals surface area contributed by atoms with E-state index in [4.69, 9.17) is 10.2 Å². The Bertz CT molecular complexity index is 146. The lowest BCUT2D eigenvalue weighted by atomic mass is 10.2. The zero-order valence-electron chi connectivity index (χ0n) is 7.15. The fraction of sp³-hybridized carbons (Fsp3) is 1.00. The Hall–Kier alpha value is -0.500. The van der Waals surface area contributed by atoms with Crippen molar-refractivity contribution in [2.45, 2.75) is 25.2 Å². The first-order chi connectivity index (χ1) is 6.13. The molecule has 0 heterocycles. The number of aliphatic hydroxyl groups is 2. The van der Waals surface area contributed by atoms with Gasteiger partial charge in [-0.3, -0.25) is 0 Å². The van der Waals surface area contributed by atoms with Crippen LogP contribution in [-0.2, 0) is 0 Å². The Kier molecular flexibility index (Phi) is 6.92. The Labute approximate surface area is 76.2 Å². The number of aliphatic hydroxyl groups excluding tert-OH is 2. The van der Waals surface area contributed by atoms with Crippen molar-refractivity contribution >= 4 is 0 Å². The highest BCUT2D eigenvalue weighted by Gasteiger charge is 2.56. The van der Waals surface area contributed by atoms with Gasteiger partial charge in [-0.2, -0.15) is 13.2 Å². The van der Waals surface area contributed by atoms with Gasteiger partial charge >= 0.3 is 12.1 Å². The van der Waals surface area contributed by atoms with Gasteiger partial charge in [-0.15, -0.1) is 0 Å². The molecule has 0 aliphatic carbocycles. The summed E-state index contributed by atoms with van der Waals surface area (Å²) in [5.41, 5.74) is 0. The zero-order chi connectivity index (χ0) is 12.0. The molecule has 8 heteroatoms. The molecule has 0 radical (unpaired) electrons. The van der Waals surface area contributed by atoms with Crippen LogP contribution in [-0.4, -0.2) is 41.7 Å². The van der Waals surface area contributed by atoms with Crippen LogP contribution in [0.1, 0.15) is 6.92 Å². The van der Waals surface area contributed by atoms with E-state index >= 15 is 0 Å². The lowest BCUT2D eigenvalue weighted by Crippen LogP contribution is -2.44. The molecular weight excluding hydrogens is 218 g/mol. The zero-order valence-corrected chi connectivity index (χ0v) is 7.15. The molecular formula is C6H10F6O2. The van der Waals surface area contributed by atoms with Gasteiger partial charge in [0.25, 0.3) is 6.17 Å². The molecule has 0 aromatic rings. The Morgan fingerprint density at radius 2 is 1.36 bits per heavy atom. The van der Waals surface area contributed by atoms with Crippen molar-refractivity contribution in [3.8, 4) is 0 Å². The van der Waals surface area contributed by atoms with E-state index in [2.05, 4.69) is 0 Å². The fourth-order valence-electron chi connectivity index (χ4n) is 0.320. The lowest BCUT2D eigenvalue weighted by molar-refractivity contribution is -0.251. The number of hydrogen-bond acceptors (Lipinski definition) is 2. The monoisotopic (exact) mass is 228 g/mol. The van der Waals surface area contributed by atoms with E-state index in [0.29, 0.717) is 0 Å². The first-order valence-electron chi connectivity index (χ1n) is 3.43. The highest BCUT2D eigenvalue weighted by molar-refractivity contribution is 4.81. The molecule has 0 amide bonds. The topological polar surface area (TPSA) is 40.5 Å². The molecule has 0 aromatic heterocycles. The van der Waals surface area contributed by atoms with Crippen molar-refractivity contribution in [3.05, 3.63) is 0 Å². The summed E-state index contributed by atoms with van der Waals surface area (Å²) >= 11 is 0. The van der Waals surface area contributed by atoms with Crippen molar-refractivity contribution in [3.63, 3.8) is 0 Å². The molecule has 1 unspecified atom stereocenters. The van der Waals surface area contributed by atoms with Gasteiger partial charge in [0.05, 0.1) is 0 Å². The minimum Gasteiger partial charge on any atom is -0.397 e. The third-order valence-corrected chi connectivity index (χ3v) is 0.869. The summed E-state index contributed by atoms with van der Waals surface area (Å²) in [6.07, 6.45) is -9.94. The molecule has 0 spiro atoms. The van der Waals surface area contributed by atoms with Crippen molar-refractivity contribution in [2.24, 2.45) is 0 Å². The van der Waals surface area contributed by atoms with Crippen molar-refractivity contribution < 1.29 is 36.6 Å². The van der Waals surface area contributed by atoms with E-state index in [1.807, 2.05) is 0 Å². The normalized spacial score (nSPS) is 14.4. The average Bonchev–Trinajstić information content (AvgIpc) is 2.03. The van der Waals surface area contributed by atoms with Crippen LogP contribution in [0, 0.1) is 0 Å². The predicted octanol–water partition coefficient (Wildman–Crippen LogP) is 1.51. The summed E-state index contributed by atoms with van der Waals surface area (Å²) in [6, 6.07) is 0. The van der Waals surface area contributed by atoms with Crippen LogP contribution in [0.5, 0.6) is 0 Å². The summed E-state index contributed by atoms with van der Waals surface area (Å²) in [5.74, 6) is -4.75. The lowest BCUT2D eigenvalue weighted by Gasteiger charge is -2.19. The van der Waals surface area contributed by atoms with Gasteiger partial charge < -0.3 is 10.2 Å². The molecule has 1 atom stereocenters. The number of halogens is 6. The molecule has 0 bridgehead atoms. The van der Waals surface area contributed by atoms with E-state index in [1.165, 1.54) is 0 Å². The van der Waals surface area contributed by atoms with Gasteiger partial charge in [0, 0.05) is 6.61 Å². The van der Waals surface area contributed by atoms with Crippen LogP contribution in [0.2, 0.25) is 0 Å². The number of rotatable bonds is 2. The molecule has 0 rings (SSSR count). The summed E-state index contributed by atoms with van der Waals surface area (Å²) in [7, 11) is 0. The minimum atomic E-state index is -5.63. The van der Waals surface area contributed by atoms with Crippen LogP contribution >= 0.6 is 0 Å². The standard InChI is InChI=1S/C4H4F6O.C2H6O/c5-2(4(8,9)10)3(6,7)1-11;1-2-3/h2,11H,1H2;3H,2H2,1H3. The smallest absolute Gasteiger partial charge is 0.397 e. The first kappa shape index (κ1) is 15.9. The second kappa shape index (κ2) is 6.07. The molecule has 0 aromatic carbocycles. The maximum atomic E-state index is 11.7. The van der Waals surface area contributed by atoms with Crippen LogP contribution in [0.4, 0.5) is 26.3 Å². The summed E-state index contributed by atoms with van der Waals surface area (Å²) in [4.78, 5) is 0. The van der Waals surface area contributed by atoms with Gasteiger partial charge in [-0.05, 0) is 6.92 Å². The average molecular weight is 228 g/mol. The maximum Gasteiger partial charge on any atom is 0.425 e. The molecule has 0 aliphatic heterocycles. The molecule has 2 N–H and O–H groups in total. The maximum absolute atomic E-state index is 11.7. The summed E-state index contributed by atoms with van der Waals surface area (Å²) in [5, 5.41) is 15.2. The van der Waals surface area contributed by atoms with Gasteiger partial charge in [0.2, 0.25) is 0 Å². The van der Waals surface area contributed by atoms with Gasteiger partial charge in [0.15, 0.2) is 0 Å². The van der Waals surface area contributed by atoms with Crippen LogP contribution in [0.15, 0.2) is 0 Å². The third-order valence-electron chi connectivity index (χ3n) is 0.869. The highest BCUT2D eigenvalue weighted by Crippen LogP contribution is 2.34. The second-order valence-electron chi connectivity index (χ2n) is 2.14. The van der Waals surface area contributed by atoms with E-state index < -0.39 is 24.9 Å². The third kappa shape index (κ3) is 6.03. The largest absolute Gasteiger partial charge is 0.425 e. The molecule has 0 saturated heterocycles. The van der Waals surface area contributed by atoms with Crippen LogP contribution < -0.4 is 0 Å². The second-order valence-corrected chi connectivity index (χ2v) is 2.14. The highest BCUT2D eigenvalue weighted by atomic mass is 19.4. The van der Waals surface area contributed by atoms with Crippen molar-refractivity contribution in [1.29, 1.82) is 0 Å². The summed E-state index contributed by atoms with van der Waals surface area (Å²) < 4.78 is 68.5. The Balaban J connectivity index is 0. The SMILES string of the molecule is CCO.OCC(F)(F)C(F)C(F)(F)F. The molecule has 0 aliphatic rings. The van der Waals surface area contributed by atoms with Crippen molar-refractivity contribution in [1.82, 2.24) is 0 Å². The quantitative estimate of drug-likeness (QED) is 0.703. The van der Waals surface area contributed by atoms with Gasteiger partial charge in [0.1, 0.15) is 6.61 Å². The fourth-order valence-corrected chi connectivity index (χ4v) is 0.320. The predicted molar refractivity (Wildman–Crippen MR) is 35.7 cm³/mol. The molecule has 14 heavy (non-hydrogen) atoms. The molecule has 0 saturated carbocycles. The Morgan fingerprint density at radius 1 is 1.07 bits per heavy atom. The van der Waals surface area contributed by atoms with Crippen molar-refractivity contribution in [2.75, 3.05) is 13.2 Å². The Morgan fingerprint density at radius 3 is 1.43 bits per heavy atom. The van der Waals surface area contributed by atoms with E-state index in [9.17, 15) is 26.3 Å². The molecule has 88 valence electrons. The van der Waals surface area contributed by atoms with Crippen LogP contribution in [0.3, 0.4) is 0 Å². The van der Waals surface area contributed by atoms with E-state index in [-0.39, 0.29) is 6.61 Å². The molecule has 2 nitrogen and oxygen atoms in total. The number of alkyl halides is 6.